The molecule has 3 nitrogen and oxygen atoms in total. The zero-order valence-electron chi connectivity index (χ0n) is 12.1. The predicted molar refractivity (Wildman–Crippen MR) is 79.9 cm³/mol. The molecule has 0 saturated heterocycles. The summed E-state index contributed by atoms with van der Waals surface area (Å²) in [4.78, 5) is 11.7. The average Bonchev–Trinajstić information content (AvgIpc) is 2.46. The third kappa shape index (κ3) is 5.88. The van der Waals surface area contributed by atoms with Crippen LogP contribution in [-0.2, 0) is 11.2 Å². The molecule has 1 amide bonds. The monoisotopic (exact) mass is 262 g/mol. The number of hydrogen-bond donors (Lipinski definition) is 2. The molecule has 0 spiro atoms. The second-order valence-electron chi connectivity index (χ2n) is 5.19. The lowest BCUT2D eigenvalue weighted by molar-refractivity contribution is -0.121. The second-order valence-corrected chi connectivity index (χ2v) is 5.19. The minimum absolute atomic E-state index is 0.104. The molecule has 1 rings (SSSR count). The molecule has 0 radical (unpaired) electrons. The lowest BCUT2D eigenvalue weighted by Gasteiger charge is -2.26. The van der Waals surface area contributed by atoms with Gasteiger partial charge in [-0.2, -0.15) is 0 Å². The van der Waals surface area contributed by atoms with Gasteiger partial charge in [0.15, 0.2) is 0 Å². The Hall–Kier alpha value is -1.35. The Morgan fingerprint density at radius 3 is 2.42 bits per heavy atom. The third-order valence-corrected chi connectivity index (χ3v) is 3.76. The molecule has 0 heterocycles. The van der Waals surface area contributed by atoms with Gasteiger partial charge in [0.2, 0.25) is 5.91 Å². The number of aryl methyl sites for hydroxylation is 1. The van der Waals surface area contributed by atoms with Crippen LogP contribution in [0.2, 0.25) is 0 Å². The summed E-state index contributed by atoms with van der Waals surface area (Å²) in [5, 5.41) is 2.95. The van der Waals surface area contributed by atoms with Gasteiger partial charge in [-0.3, -0.25) is 4.79 Å². The van der Waals surface area contributed by atoms with Crippen molar-refractivity contribution in [3.8, 4) is 0 Å². The highest BCUT2D eigenvalue weighted by Gasteiger charge is 2.20. The number of benzene rings is 1. The van der Waals surface area contributed by atoms with Gasteiger partial charge in [0.05, 0.1) is 0 Å². The van der Waals surface area contributed by atoms with E-state index in [1.807, 2.05) is 18.2 Å². The number of hydrogen-bond acceptors (Lipinski definition) is 2. The van der Waals surface area contributed by atoms with Crippen molar-refractivity contribution >= 4 is 5.91 Å². The molecule has 106 valence electrons. The number of rotatable bonds is 8. The Bertz CT molecular complexity index is 372. The maximum atomic E-state index is 11.7. The molecule has 0 atom stereocenters. The first-order valence-electron chi connectivity index (χ1n) is 7.19. The van der Waals surface area contributed by atoms with E-state index < -0.39 is 0 Å². The molecule has 1 aromatic carbocycles. The van der Waals surface area contributed by atoms with Crippen LogP contribution >= 0.6 is 0 Å². The Morgan fingerprint density at radius 2 is 1.84 bits per heavy atom. The first kappa shape index (κ1) is 15.7. The van der Waals surface area contributed by atoms with Crippen LogP contribution in [0, 0.1) is 0 Å². The van der Waals surface area contributed by atoms with Gasteiger partial charge in [-0.25, -0.2) is 0 Å². The van der Waals surface area contributed by atoms with E-state index >= 15 is 0 Å². The van der Waals surface area contributed by atoms with Gasteiger partial charge < -0.3 is 11.1 Å². The molecule has 0 aliphatic rings. The molecule has 0 saturated carbocycles. The molecule has 0 bridgehead atoms. The van der Waals surface area contributed by atoms with Crippen LogP contribution in [-0.4, -0.2) is 18.0 Å². The fraction of sp³-hybridized carbons (Fsp3) is 0.562. The molecular formula is C16H26N2O. The van der Waals surface area contributed by atoms with E-state index in [9.17, 15) is 4.79 Å². The summed E-state index contributed by atoms with van der Waals surface area (Å²) in [6.45, 7) is 4.69. The van der Waals surface area contributed by atoms with Gasteiger partial charge in [0.1, 0.15) is 0 Å². The van der Waals surface area contributed by atoms with Gasteiger partial charge in [-0.15, -0.1) is 0 Å². The van der Waals surface area contributed by atoms with Gasteiger partial charge in [0, 0.05) is 18.5 Å². The Balaban J connectivity index is 2.22. The summed E-state index contributed by atoms with van der Waals surface area (Å²) in [5.74, 6) is 0.104. The number of carbonyl (C=O) groups is 1. The van der Waals surface area contributed by atoms with E-state index in [0.29, 0.717) is 13.0 Å². The molecule has 3 heteroatoms. The minimum Gasteiger partial charge on any atom is -0.354 e. The number of nitrogens with two attached hydrogens (primary N) is 1. The highest BCUT2D eigenvalue weighted by atomic mass is 16.1. The molecule has 0 unspecified atom stereocenters. The van der Waals surface area contributed by atoms with Crippen LogP contribution in [0.5, 0.6) is 0 Å². The lowest BCUT2D eigenvalue weighted by Crippen LogP contribution is -2.49. The zero-order chi connectivity index (χ0) is 14.1. The maximum absolute atomic E-state index is 11.7. The van der Waals surface area contributed by atoms with Gasteiger partial charge in [-0.05, 0) is 31.2 Å². The second kappa shape index (κ2) is 7.95. The first-order chi connectivity index (χ1) is 9.09. The summed E-state index contributed by atoms with van der Waals surface area (Å²) in [6, 6.07) is 10.3. The van der Waals surface area contributed by atoms with Gasteiger partial charge in [-0.1, -0.05) is 44.2 Å². The van der Waals surface area contributed by atoms with Crippen molar-refractivity contribution in [2.24, 2.45) is 5.73 Å². The molecule has 0 fully saturated rings. The Morgan fingerprint density at radius 1 is 1.21 bits per heavy atom. The van der Waals surface area contributed by atoms with Crippen molar-refractivity contribution < 1.29 is 4.79 Å². The number of amides is 1. The standard InChI is InChI=1S/C16H26N2O/c1-3-16(17,4-2)13-18-15(19)12-8-11-14-9-6-5-7-10-14/h5-7,9-10H,3-4,8,11-13,17H2,1-2H3,(H,18,19). The van der Waals surface area contributed by atoms with Crippen LogP contribution in [0.25, 0.3) is 0 Å². The van der Waals surface area contributed by atoms with Gasteiger partial charge in [0.25, 0.3) is 0 Å². The fourth-order valence-electron chi connectivity index (χ4n) is 1.96. The molecular weight excluding hydrogens is 236 g/mol. The van der Waals surface area contributed by atoms with E-state index in [-0.39, 0.29) is 11.4 Å². The van der Waals surface area contributed by atoms with Crippen molar-refractivity contribution in [1.82, 2.24) is 5.32 Å². The van der Waals surface area contributed by atoms with Crippen LogP contribution in [0.3, 0.4) is 0 Å². The largest absolute Gasteiger partial charge is 0.354 e. The maximum Gasteiger partial charge on any atom is 0.220 e. The highest BCUT2D eigenvalue weighted by Crippen LogP contribution is 2.10. The van der Waals surface area contributed by atoms with E-state index in [0.717, 1.165) is 25.7 Å². The summed E-state index contributed by atoms with van der Waals surface area (Å²) in [5.41, 5.74) is 7.18. The van der Waals surface area contributed by atoms with E-state index in [1.165, 1.54) is 5.56 Å². The molecule has 0 aromatic heterocycles. The zero-order valence-corrected chi connectivity index (χ0v) is 12.1. The van der Waals surface area contributed by atoms with E-state index in [1.54, 1.807) is 0 Å². The average molecular weight is 262 g/mol. The van der Waals surface area contributed by atoms with Crippen LogP contribution in [0.4, 0.5) is 0 Å². The minimum atomic E-state index is -0.255. The SMILES string of the molecule is CCC(N)(CC)CNC(=O)CCCc1ccccc1. The summed E-state index contributed by atoms with van der Waals surface area (Å²) in [6.07, 6.45) is 4.16. The Labute approximate surface area is 116 Å². The molecule has 0 aliphatic heterocycles. The highest BCUT2D eigenvalue weighted by molar-refractivity contribution is 5.75. The first-order valence-corrected chi connectivity index (χ1v) is 7.19. The fourth-order valence-corrected chi connectivity index (χ4v) is 1.96. The number of nitrogens with one attached hydrogen (secondary N) is 1. The molecule has 0 aliphatic carbocycles. The summed E-state index contributed by atoms with van der Waals surface area (Å²) >= 11 is 0. The van der Waals surface area contributed by atoms with Crippen molar-refractivity contribution in [3.63, 3.8) is 0 Å². The Kier molecular flexibility index (Phi) is 6.57. The van der Waals surface area contributed by atoms with Crippen molar-refractivity contribution in [2.75, 3.05) is 6.54 Å². The van der Waals surface area contributed by atoms with Crippen molar-refractivity contribution in [2.45, 2.75) is 51.5 Å². The smallest absolute Gasteiger partial charge is 0.220 e. The molecule has 1 aromatic rings. The molecule has 19 heavy (non-hydrogen) atoms. The normalized spacial score (nSPS) is 11.3. The lowest BCUT2D eigenvalue weighted by atomic mass is 9.94. The number of carbonyl (C=O) groups excluding carboxylic acids is 1. The summed E-state index contributed by atoms with van der Waals surface area (Å²) < 4.78 is 0. The van der Waals surface area contributed by atoms with Crippen LogP contribution in [0.1, 0.15) is 45.1 Å². The summed E-state index contributed by atoms with van der Waals surface area (Å²) in [7, 11) is 0. The van der Waals surface area contributed by atoms with Gasteiger partial charge >= 0.3 is 0 Å². The van der Waals surface area contributed by atoms with Crippen LogP contribution in [0.15, 0.2) is 30.3 Å². The quantitative estimate of drug-likeness (QED) is 0.756. The molecule has 3 N–H and O–H groups in total. The predicted octanol–water partition coefficient (Wildman–Crippen LogP) is 2.64. The third-order valence-electron chi connectivity index (χ3n) is 3.76. The topological polar surface area (TPSA) is 55.1 Å². The van der Waals surface area contributed by atoms with E-state index in [2.05, 4.69) is 31.3 Å². The van der Waals surface area contributed by atoms with E-state index in [4.69, 9.17) is 5.73 Å². The van der Waals surface area contributed by atoms with Crippen LogP contribution < -0.4 is 11.1 Å². The van der Waals surface area contributed by atoms with Crippen molar-refractivity contribution in [3.05, 3.63) is 35.9 Å². The van der Waals surface area contributed by atoms with Crippen molar-refractivity contribution in [1.29, 1.82) is 0 Å².